The Hall–Kier alpha value is -2.86. The highest BCUT2D eigenvalue weighted by Gasteiger charge is 2.44. The molecule has 144 valence electrons. The van der Waals surface area contributed by atoms with Crippen LogP contribution in [-0.4, -0.2) is 33.2 Å². The molecule has 0 saturated carbocycles. The number of carbonyl (C=O) groups excluding carboxylic acids is 2. The van der Waals surface area contributed by atoms with Crippen molar-refractivity contribution in [2.45, 2.75) is 32.2 Å². The van der Waals surface area contributed by atoms with Gasteiger partial charge in [-0.25, -0.2) is 0 Å². The number of H-pyrrole nitrogens is 1. The van der Waals surface area contributed by atoms with Gasteiger partial charge < -0.3 is 15.0 Å². The van der Waals surface area contributed by atoms with Crippen molar-refractivity contribution in [3.05, 3.63) is 69.7 Å². The van der Waals surface area contributed by atoms with E-state index in [1.165, 1.54) is 11.3 Å². The predicted octanol–water partition coefficient (Wildman–Crippen LogP) is 5.00. The van der Waals surface area contributed by atoms with Crippen LogP contribution in [-0.2, 0) is 4.79 Å². The van der Waals surface area contributed by atoms with Crippen molar-refractivity contribution in [1.29, 1.82) is 0 Å². The lowest BCUT2D eigenvalue weighted by molar-refractivity contribution is -0.129. The molecule has 1 amide bonds. The summed E-state index contributed by atoms with van der Waals surface area (Å²) in [5.41, 5.74) is 1.95. The molecule has 6 heteroatoms. The lowest BCUT2D eigenvalue weighted by atomic mass is 9.95. The van der Waals surface area contributed by atoms with Crippen LogP contribution >= 0.6 is 11.3 Å². The molecule has 1 aliphatic heterocycles. The predicted molar refractivity (Wildman–Crippen MR) is 111 cm³/mol. The van der Waals surface area contributed by atoms with Crippen LogP contribution in [0.25, 0.3) is 10.9 Å². The molecule has 28 heavy (non-hydrogen) atoms. The number of unbranched alkanes of at least 4 members (excludes halogenated alkanes) is 2. The molecule has 2 N–H and O–H groups in total. The zero-order valence-electron chi connectivity index (χ0n) is 15.6. The highest BCUT2D eigenvalue weighted by atomic mass is 32.1. The average Bonchev–Trinajstić information content (AvgIpc) is 3.43. The first-order valence-electron chi connectivity index (χ1n) is 9.51. The quantitative estimate of drug-likeness (QED) is 0.438. The molecule has 2 aromatic heterocycles. The molecule has 0 radical (unpaired) electrons. The van der Waals surface area contributed by atoms with Gasteiger partial charge >= 0.3 is 0 Å². The van der Waals surface area contributed by atoms with Crippen LogP contribution in [0.5, 0.6) is 0 Å². The second-order valence-corrected chi connectivity index (χ2v) is 7.91. The van der Waals surface area contributed by atoms with Crippen LogP contribution in [0.15, 0.2) is 59.3 Å². The summed E-state index contributed by atoms with van der Waals surface area (Å²) in [7, 11) is 0. The van der Waals surface area contributed by atoms with Crippen LogP contribution in [0.4, 0.5) is 0 Å². The number of Topliss-reactive ketones (excluding diaryl/α,β-unsaturated/α-hetero) is 1. The molecule has 3 heterocycles. The minimum atomic E-state index is -0.588. The molecule has 1 aliphatic rings. The lowest BCUT2D eigenvalue weighted by Gasteiger charge is -2.26. The topological polar surface area (TPSA) is 73.4 Å². The molecular formula is C22H22N2O3S. The van der Waals surface area contributed by atoms with Crippen LogP contribution in [0.3, 0.4) is 0 Å². The van der Waals surface area contributed by atoms with Gasteiger partial charge in [-0.15, -0.1) is 11.3 Å². The van der Waals surface area contributed by atoms with Gasteiger partial charge in [-0.2, -0.15) is 0 Å². The fraction of sp³-hybridized carbons (Fsp3) is 0.273. The number of aromatic nitrogens is 1. The van der Waals surface area contributed by atoms with Crippen molar-refractivity contribution in [2.24, 2.45) is 0 Å². The van der Waals surface area contributed by atoms with Gasteiger partial charge in [0.1, 0.15) is 0 Å². The molecule has 0 saturated heterocycles. The van der Waals surface area contributed by atoms with Crippen molar-refractivity contribution < 1.29 is 14.7 Å². The number of hydrogen-bond donors (Lipinski definition) is 2. The summed E-state index contributed by atoms with van der Waals surface area (Å²) in [6, 6.07) is 10.7. The smallest absolute Gasteiger partial charge is 0.290 e. The summed E-state index contributed by atoms with van der Waals surface area (Å²) in [5, 5.41) is 13.4. The van der Waals surface area contributed by atoms with E-state index in [1.807, 2.05) is 35.8 Å². The molecule has 0 aliphatic carbocycles. The molecule has 3 aromatic rings. The lowest BCUT2D eigenvalue weighted by Crippen LogP contribution is -2.32. The minimum Gasteiger partial charge on any atom is -0.503 e. The Morgan fingerprint density at radius 1 is 1.21 bits per heavy atom. The largest absolute Gasteiger partial charge is 0.503 e. The van der Waals surface area contributed by atoms with Crippen molar-refractivity contribution >= 4 is 33.9 Å². The van der Waals surface area contributed by atoms with E-state index in [9.17, 15) is 14.7 Å². The minimum absolute atomic E-state index is 0.175. The number of hydrogen-bond acceptors (Lipinski definition) is 4. The number of fused-ring (bicyclic) bond motifs is 1. The van der Waals surface area contributed by atoms with Gasteiger partial charge in [0.25, 0.3) is 5.91 Å². The normalized spacial score (nSPS) is 17.1. The van der Waals surface area contributed by atoms with E-state index in [0.717, 1.165) is 35.7 Å². The number of aliphatic hydroxyl groups excluding tert-OH is 1. The summed E-state index contributed by atoms with van der Waals surface area (Å²) >= 11 is 1.31. The first-order valence-corrected chi connectivity index (χ1v) is 10.4. The van der Waals surface area contributed by atoms with Gasteiger partial charge in [0.2, 0.25) is 5.78 Å². The number of aromatic amines is 1. The summed E-state index contributed by atoms with van der Waals surface area (Å²) in [6.45, 7) is 2.60. The standard InChI is InChI=1S/C22H22N2O3S/c1-2-3-6-11-24-19(15-13-23-16-9-5-4-8-14(15)16)18(21(26)22(24)27)20(25)17-10-7-12-28-17/h4-5,7-10,12-13,19,23,26H,2-3,6,11H2,1H3. The van der Waals surface area contributed by atoms with Crippen molar-refractivity contribution in [2.75, 3.05) is 6.54 Å². The molecule has 0 bridgehead atoms. The Morgan fingerprint density at radius 2 is 2.04 bits per heavy atom. The van der Waals surface area contributed by atoms with Crippen molar-refractivity contribution in [1.82, 2.24) is 9.88 Å². The highest BCUT2D eigenvalue weighted by Crippen LogP contribution is 2.42. The first-order chi connectivity index (χ1) is 13.6. The SMILES string of the molecule is CCCCCN1C(=O)C(O)=C(C(=O)c2cccs2)C1c1c[nH]c2ccccc12. The van der Waals surface area contributed by atoms with E-state index in [1.54, 1.807) is 17.0 Å². The molecular weight excluding hydrogens is 372 g/mol. The second-order valence-electron chi connectivity index (χ2n) is 6.97. The monoisotopic (exact) mass is 394 g/mol. The Labute approximate surface area is 167 Å². The number of rotatable bonds is 7. The van der Waals surface area contributed by atoms with Gasteiger partial charge in [-0.05, 0) is 23.9 Å². The molecule has 5 nitrogen and oxygen atoms in total. The average molecular weight is 394 g/mol. The Morgan fingerprint density at radius 3 is 2.79 bits per heavy atom. The number of nitrogens with zero attached hydrogens (tertiary/aromatic N) is 1. The van der Waals surface area contributed by atoms with E-state index in [2.05, 4.69) is 11.9 Å². The third kappa shape index (κ3) is 3.03. The summed E-state index contributed by atoms with van der Waals surface area (Å²) in [5.74, 6) is -1.18. The maximum atomic E-state index is 13.2. The number of aliphatic hydroxyl groups is 1. The summed E-state index contributed by atoms with van der Waals surface area (Å²) in [4.78, 5) is 31.5. The van der Waals surface area contributed by atoms with Crippen LogP contribution in [0.1, 0.15) is 47.5 Å². The molecule has 1 atom stereocenters. The van der Waals surface area contributed by atoms with Gasteiger partial charge in [0.15, 0.2) is 5.76 Å². The van der Waals surface area contributed by atoms with Gasteiger partial charge in [0, 0.05) is 29.2 Å². The Bertz CT molecular complexity index is 1050. The third-order valence-electron chi connectivity index (χ3n) is 5.21. The third-order valence-corrected chi connectivity index (χ3v) is 6.08. The van der Waals surface area contributed by atoms with Crippen LogP contribution in [0.2, 0.25) is 0 Å². The van der Waals surface area contributed by atoms with Crippen molar-refractivity contribution in [3.8, 4) is 0 Å². The number of ketones is 1. The number of benzene rings is 1. The molecule has 4 rings (SSSR count). The van der Waals surface area contributed by atoms with Gasteiger partial charge in [0.05, 0.1) is 16.5 Å². The number of amides is 1. The fourth-order valence-corrected chi connectivity index (χ4v) is 4.51. The summed E-state index contributed by atoms with van der Waals surface area (Å²) < 4.78 is 0. The zero-order chi connectivity index (χ0) is 19.7. The van der Waals surface area contributed by atoms with E-state index < -0.39 is 17.7 Å². The Balaban J connectivity index is 1.82. The number of nitrogens with one attached hydrogen (secondary N) is 1. The van der Waals surface area contributed by atoms with E-state index in [-0.39, 0.29) is 11.4 Å². The second kappa shape index (κ2) is 7.64. The van der Waals surface area contributed by atoms with E-state index >= 15 is 0 Å². The molecule has 1 aromatic carbocycles. The highest BCUT2D eigenvalue weighted by molar-refractivity contribution is 7.12. The van der Waals surface area contributed by atoms with Gasteiger partial charge in [-0.3, -0.25) is 9.59 Å². The molecule has 0 fully saturated rings. The summed E-state index contributed by atoms with van der Waals surface area (Å²) in [6.07, 6.45) is 4.68. The maximum Gasteiger partial charge on any atom is 0.290 e. The van der Waals surface area contributed by atoms with Gasteiger partial charge in [-0.1, -0.05) is 44.0 Å². The number of para-hydroxylation sites is 1. The van der Waals surface area contributed by atoms with Crippen molar-refractivity contribution in [3.63, 3.8) is 0 Å². The molecule has 0 spiro atoms. The van der Waals surface area contributed by atoms with Crippen LogP contribution < -0.4 is 0 Å². The maximum absolute atomic E-state index is 13.2. The van der Waals surface area contributed by atoms with E-state index in [0.29, 0.717) is 11.4 Å². The number of thiophene rings is 1. The zero-order valence-corrected chi connectivity index (χ0v) is 16.5. The van der Waals surface area contributed by atoms with E-state index in [4.69, 9.17) is 0 Å². The number of carbonyl (C=O) groups is 2. The Kier molecular flexibility index (Phi) is 5.05. The molecule has 1 unspecified atom stereocenters. The first kappa shape index (κ1) is 18.5. The van der Waals surface area contributed by atoms with Crippen LogP contribution in [0, 0.1) is 0 Å². The fourth-order valence-electron chi connectivity index (χ4n) is 3.83.